The Morgan fingerprint density at radius 2 is 2.42 bits per heavy atom. The smallest absolute Gasteiger partial charge is 0.158 e. The fraction of sp³-hybridized carbons (Fsp3) is 0.643. The summed E-state index contributed by atoms with van der Waals surface area (Å²) in [6, 6.07) is 3.72. The molecule has 0 aliphatic carbocycles. The molecule has 1 fully saturated rings. The van der Waals surface area contributed by atoms with Crippen molar-refractivity contribution in [3.8, 4) is 5.75 Å². The molecule has 0 spiro atoms. The van der Waals surface area contributed by atoms with Crippen LogP contribution in [0, 0.1) is 0 Å². The summed E-state index contributed by atoms with van der Waals surface area (Å²) in [4.78, 5) is 4.01. The maximum atomic E-state index is 5.91. The summed E-state index contributed by atoms with van der Waals surface area (Å²) in [5, 5.41) is 0. The SMILES string of the molecule is NCCC(COc1cccnc1)OC1CCCCO1. The molecule has 2 unspecified atom stereocenters. The summed E-state index contributed by atoms with van der Waals surface area (Å²) in [5.74, 6) is 0.748. The molecule has 1 aromatic rings. The lowest BCUT2D eigenvalue weighted by atomic mass is 10.2. The van der Waals surface area contributed by atoms with Gasteiger partial charge in [0, 0.05) is 12.8 Å². The van der Waals surface area contributed by atoms with Gasteiger partial charge in [0.2, 0.25) is 0 Å². The molecule has 0 amide bonds. The third-order valence-corrected chi connectivity index (χ3v) is 3.04. The number of hydrogen-bond acceptors (Lipinski definition) is 5. The first-order chi connectivity index (χ1) is 9.38. The minimum Gasteiger partial charge on any atom is -0.489 e. The number of rotatable bonds is 7. The van der Waals surface area contributed by atoms with Crippen LogP contribution in [-0.2, 0) is 9.47 Å². The molecule has 2 atom stereocenters. The van der Waals surface area contributed by atoms with Crippen LogP contribution in [0.2, 0.25) is 0 Å². The summed E-state index contributed by atoms with van der Waals surface area (Å²) < 4.78 is 17.1. The first-order valence-corrected chi connectivity index (χ1v) is 6.88. The summed E-state index contributed by atoms with van der Waals surface area (Å²) >= 11 is 0. The average molecular weight is 266 g/mol. The predicted molar refractivity (Wildman–Crippen MR) is 71.9 cm³/mol. The van der Waals surface area contributed by atoms with E-state index in [1.165, 1.54) is 0 Å². The van der Waals surface area contributed by atoms with Crippen LogP contribution < -0.4 is 10.5 Å². The minimum absolute atomic E-state index is 0.0340. The van der Waals surface area contributed by atoms with Crippen molar-refractivity contribution in [2.75, 3.05) is 19.8 Å². The Morgan fingerprint density at radius 3 is 3.11 bits per heavy atom. The molecule has 2 heterocycles. The first kappa shape index (κ1) is 14.2. The van der Waals surface area contributed by atoms with E-state index in [0.717, 1.165) is 38.0 Å². The molecule has 106 valence electrons. The van der Waals surface area contributed by atoms with Gasteiger partial charge in [-0.05, 0) is 44.4 Å². The highest BCUT2D eigenvalue weighted by Crippen LogP contribution is 2.17. The number of aromatic nitrogens is 1. The highest BCUT2D eigenvalue weighted by atomic mass is 16.7. The van der Waals surface area contributed by atoms with Crippen molar-refractivity contribution in [1.29, 1.82) is 0 Å². The van der Waals surface area contributed by atoms with Crippen molar-refractivity contribution >= 4 is 0 Å². The van der Waals surface area contributed by atoms with E-state index in [1.807, 2.05) is 12.1 Å². The molecule has 19 heavy (non-hydrogen) atoms. The van der Waals surface area contributed by atoms with Crippen molar-refractivity contribution < 1.29 is 14.2 Å². The van der Waals surface area contributed by atoms with Gasteiger partial charge in [0.15, 0.2) is 6.29 Å². The van der Waals surface area contributed by atoms with Gasteiger partial charge in [-0.25, -0.2) is 0 Å². The quantitative estimate of drug-likeness (QED) is 0.814. The normalized spacial score (nSPS) is 21.0. The third kappa shape index (κ3) is 5.14. The van der Waals surface area contributed by atoms with Crippen LogP contribution in [0.5, 0.6) is 5.75 Å². The Morgan fingerprint density at radius 1 is 1.47 bits per heavy atom. The summed E-state index contributed by atoms with van der Waals surface area (Å²) in [7, 11) is 0. The largest absolute Gasteiger partial charge is 0.489 e. The molecular formula is C14H22N2O3. The van der Waals surface area contributed by atoms with Crippen molar-refractivity contribution in [3.05, 3.63) is 24.5 Å². The van der Waals surface area contributed by atoms with Gasteiger partial charge >= 0.3 is 0 Å². The van der Waals surface area contributed by atoms with Crippen molar-refractivity contribution in [2.45, 2.75) is 38.1 Å². The molecule has 0 bridgehead atoms. The van der Waals surface area contributed by atoms with Crippen LogP contribution in [0.1, 0.15) is 25.7 Å². The van der Waals surface area contributed by atoms with E-state index in [4.69, 9.17) is 19.9 Å². The molecule has 2 rings (SSSR count). The molecule has 0 radical (unpaired) electrons. The zero-order valence-corrected chi connectivity index (χ0v) is 11.2. The number of ether oxygens (including phenoxy) is 3. The van der Waals surface area contributed by atoms with Crippen LogP contribution in [0.15, 0.2) is 24.5 Å². The fourth-order valence-corrected chi connectivity index (χ4v) is 2.03. The molecule has 1 aliphatic rings. The maximum Gasteiger partial charge on any atom is 0.158 e. The van der Waals surface area contributed by atoms with Gasteiger partial charge in [0.05, 0.1) is 12.3 Å². The Bertz CT molecular complexity index is 342. The zero-order valence-electron chi connectivity index (χ0n) is 11.2. The highest BCUT2D eigenvalue weighted by Gasteiger charge is 2.20. The monoisotopic (exact) mass is 266 g/mol. The lowest BCUT2D eigenvalue weighted by Crippen LogP contribution is -2.33. The molecule has 2 N–H and O–H groups in total. The van der Waals surface area contributed by atoms with Crippen LogP contribution in [0.3, 0.4) is 0 Å². The van der Waals surface area contributed by atoms with Gasteiger partial charge in [-0.2, -0.15) is 0 Å². The second-order valence-electron chi connectivity index (χ2n) is 4.63. The van der Waals surface area contributed by atoms with E-state index < -0.39 is 0 Å². The zero-order chi connectivity index (χ0) is 13.3. The number of pyridine rings is 1. The van der Waals surface area contributed by atoms with Gasteiger partial charge in [0.25, 0.3) is 0 Å². The van der Waals surface area contributed by atoms with Gasteiger partial charge in [-0.3, -0.25) is 4.98 Å². The Kier molecular flexibility index (Phi) is 6.07. The molecular weight excluding hydrogens is 244 g/mol. The summed E-state index contributed by atoms with van der Waals surface area (Å²) in [6.45, 7) is 1.83. The summed E-state index contributed by atoms with van der Waals surface area (Å²) in [6.07, 6.45) is 7.26. The van der Waals surface area contributed by atoms with E-state index in [2.05, 4.69) is 4.98 Å². The molecule has 1 aliphatic heterocycles. The molecule has 1 saturated heterocycles. The van der Waals surface area contributed by atoms with E-state index in [-0.39, 0.29) is 12.4 Å². The van der Waals surface area contributed by atoms with Gasteiger partial charge in [-0.1, -0.05) is 0 Å². The second-order valence-corrected chi connectivity index (χ2v) is 4.63. The lowest BCUT2D eigenvalue weighted by molar-refractivity contribution is -0.193. The number of hydrogen-bond donors (Lipinski definition) is 1. The minimum atomic E-state index is -0.109. The Hall–Kier alpha value is -1.17. The van der Waals surface area contributed by atoms with E-state index in [1.54, 1.807) is 12.4 Å². The topological polar surface area (TPSA) is 66.6 Å². The molecule has 1 aromatic heterocycles. The number of nitrogens with zero attached hydrogens (tertiary/aromatic N) is 1. The third-order valence-electron chi connectivity index (χ3n) is 3.04. The maximum absolute atomic E-state index is 5.91. The Balaban J connectivity index is 1.78. The Labute approximate surface area is 114 Å². The second kappa shape index (κ2) is 8.09. The molecule has 5 nitrogen and oxygen atoms in total. The van der Waals surface area contributed by atoms with Crippen molar-refractivity contribution in [1.82, 2.24) is 4.98 Å². The predicted octanol–water partition coefficient (Wildman–Crippen LogP) is 1.72. The number of nitrogens with two attached hydrogens (primary N) is 1. The summed E-state index contributed by atoms with van der Waals surface area (Å²) in [5.41, 5.74) is 5.61. The van der Waals surface area contributed by atoms with Crippen molar-refractivity contribution in [3.63, 3.8) is 0 Å². The van der Waals surface area contributed by atoms with Gasteiger partial charge < -0.3 is 19.9 Å². The fourth-order valence-electron chi connectivity index (χ4n) is 2.03. The highest BCUT2D eigenvalue weighted by molar-refractivity contribution is 5.15. The lowest BCUT2D eigenvalue weighted by Gasteiger charge is -2.27. The van der Waals surface area contributed by atoms with Crippen LogP contribution in [-0.4, -0.2) is 37.1 Å². The standard InChI is InChI=1S/C14H22N2O3/c15-7-6-13(19-14-5-1-2-9-17-14)11-18-12-4-3-8-16-10-12/h3-4,8,10,13-14H,1-2,5-7,9,11,15H2. The molecule has 5 heteroatoms. The average Bonchev–Trinajstić information content (AvgIpc) is 2.47. The van der Waals surface area contributed by atoms with Crippen LogP contribution >= 0.6 is 0 Å². The van der Waals surface area contributed by atoms with Crippen LogP contribution in [0.4, 0.5) is 0 Å². The van der Waals surface area contributed by atoms with E-state index in [0.29, 0.717) is 13.2 Å². The molecule has 0 aromatic carbocycles. The van der Waals surface area contributed by atoms with Crippen molar-refractivity contribution in [2.24, 2.45) is 5.73 Å². The van der Waals surface area contributed by atoms with Gasteiger partial charge in [0.1, 0.15) is 12.4 Å². The first-order valence-electron chi connectivity index (χ1n) is 6.88. The van der Waals surface area contributed by atoms with E-state index >= 15 is 0 Å². The van der Waals surface area contributed by atoms with Crippen LogP contribution in [0.25, 0.3) is 0 Å². The molecule has 0 saturated carbocycles. The van der Waals surface area contributed by atoms with E-state index in [9.17, 15) is 0 Å². The van der Waals surface area contributed by atoms with Gasteiger partial charge in [-0.15, -0.1) is 0 Å².